The molecule has 3 heterocycles. The first-order valence-corrected chi connectivity index (χ1v) is 11.1. The van der Waals surface area contributed by atoms with Crippen LogP contribution in [0, 0.1) is 18.3 Å². The summed E-state index contributed by atoms with van der Waals surface area (Å²) in [5.41, 5.74) is 7.91. The second kappa shape index (κ2) is 9.75. The van der Waals surface area contributed by atoms with E-state index in [4.69, 9.17) is 19.9 Å². The van der Waals surface area contributed by atoms with Crippen molar-refractivity contribution in [2.45, 2.75) is 39.3 Å². The maximum absolute atomic E-state index is 13.7. The van der Waals surface area contributed by atoms with Crippen molar-refractivity contribution in [1.29, 1.82) is 5.26 Å². The van der Waals surface area contributed by atoms with Crippen LogP contribution in [0.5, 0.6) is 17.2 Å². The summed E-state index contributed by atoms with van der Waals surface area (Å²) in [6.45, 7) is 5.47. The largest absolute Gasteiger partial charge is 0.493 e. The number of methoxy groups -OCH3 is 1. The highest BCUT2D eigenvalue weighted by molar-refractivity contribution is 5.57. The van der Waals surface area contributed by atoms with Crippen molar-refractivity contribution < 1.29 is 14.2 Å². The molecule has 1 aliphatic heterocycles. The van der Waals surface area contributed by atoms with Gasteiger partial charge >= 0.3 is 0 Å². The molecule has 4 rings (SSSR count). The molecule has 0 saturated carbocycles. The summed E-state index contributed by atoms with van der Waals surface area (Å²) in [5.74, 6) is 0.756. The molecule has 1 aromatic carbocycles. The van der Waals surface area contributed by atoms with Crippen LogP contribution in [-0.2, 0) is 13.1 Å². The number of hydrogen-bond donors (Lipinski definition) is 1. The summed E-state index contributed by atoms with van der Waals surface area (Å²) in [4.78, 5) is 17.8. The van der Waals surface area contributed by atoms with E-state index in [1.165, 1.54) is 0 Å². The molecule has 0 fully saturated rings. The summed E-state index contributed by atoms with van der Waals surface area (Å²) in [5, 5.41) is 9.90. The van der Waals surface area contributed by atoms with Crippen LogP contribution >= 0.6 is 0 Å². The Labute approximate surface area is 197 Å². The molecule has 1 aliphatic rings. The Kier molecular flexibility index (Phi) is 6.59. The van der Waals surface area contributed by atoms with Crippen LogP contribution < -0.4 is 25.5 Å². The highest BCUT2D eigenvalue weighted by atomic mass is 16.5. The third-order valence-electron chi connectivity index (χ3n) is 5.87. The first-order valence-electron chi connectivity index (χ1n) is 11.1. The lowest BCUT2D eigenvalue weighted by Gasteiger charge is -2.27. The predicted molar refractivity (Wildman–Crippen MR) is 126 cm³/mol. The van der Waals surface area contributed by atoms with Crippen LogP contribution in [0.3, 0.4) is 0 Å². The quantitative estimate of drug-likeness (QED) is 0.548. The van der Waals surface area contributed by atoms with E-state index in [1.807, 2.05) is 30.7 Å². The summed E-state index contributed by atoms with van der Waals surface area (Å²) in [7, 11) is 1.55. The maximum atomic E-state index is 13.7. The monoisotopic (exact) mass is 461 g/mol. The molecular weight excluding hydrogens is 434 g/mol. The van der Waals surface area contributed by atoms with Crippen LogP contribution in [0.25, 0.3) is 0 Å². The summed E-state index contributed by atoms with van der Waals surface area (Å²) in [6, 6.07) is 9.31. The SMILES string of the molecule is CCOc1ccc(C2C(C#N)=C(N)Oc3cc(C)n(CCCn4ccnc4)c(=O)c32)cc1OC. The van der Waals surface area contributed by atoms with Gasteiger partial charge in [0.15, 0.2) is 11.5 Å². The van der Waals surface area contributed by atoms with Gasteiger partial charge in [0.1, 0.15) is 17.4 Å². The van der Waals surface area contributed by atoms with E-state index in [9.17, 15) is 10.1 Å². The minimum absolute atomic E-state index is 0.00971. The van der Waals surface area contributed by atoms with Crippen molar-refractivity contribution in [3.8, 4) is 23.3 Å². The second-order valence-corrected chi connectivity index (χ2v) is 7.94. The van der Waals surface area contributed by atoms with Gasteiger partial charge in [0.05, 0.1) is 31.5 Å². The number of allylic oxidation sites excluding steroid dienone is 1. The molecule has 0 saturated heterocycles. The third kappa shape index (κ3) is 4.22. The number of nitrogens with zero attached hydrogens (tertiary/aromatic N) is 4. The minimum Gasteiger partial charge on any atom is -0.493 e. The summed E-state index contributed by atoms with van der Waals surface area (Å²) >= 11 is 0. The van der Waals surface area contributed by atoms with E-state index in [0.717, 1.165) is 18.7 Å². The van der Waals surface area contributed by atoms with Crippen LogP contribution in [0.2, 0.25) is 0 Å². The van der Waals surface area contributed by atoms with Gasteiger partial charge in [-0.3, -0.25) is 4.79 Å². The number of imidazole rings is 1. The number of rotatable bonds is 8. The number of ether oxygens (including phenoxy) is 3. The Morgan fingerprint density at radius 1 is 1.26 bits per heavy atom. The Hall–Kier alpha value is -4.19. The van der Waals surface area contributed by atoms with Crippen LogP contribution in [-0.4, -0.2) is 27.8 Å². The Bertz CT molecular complexity index is 1320. The molecule has 34 heavy (non-hydrogen) atoms. The van der Waals surface area contributed by atoms with Gasteiger partial charge in [-0.05, 0) is 38.0 Å². The molecule has 1 atom stereocenters. The molecule has 176 valence electrons. The Morgan fingerprint density at radius 3 is 2.76 bits per heavy atom. The lowest BCUT2D eigenvalue weighted by Crippen LogP contribution is -2.33. The van der Waals surface area contributed by atoms with E-state index in [0.29, 0.717) is 41.5 Å². The zero-order valence-corrected chi connectivity index (χ0v) is 19.4. The van der Waals surface area contributed by atoms with Crippen molar-refractivity contribution >= 4 is 0 Å². The van der Waals surface area contributed by atoms with Gasteiger partial charge < -0.3 is 29.1 Å². The molecular formula is C25H27N5O4. The third-order valence-corrected chi connectivity index (χ3v) is 5.87. The molecule has 9 nitrogen and oxygen atoms in total. The van der Waals surface area contributed by atoms with Crippen LogP contribution in [0.15, 0.2) is 59.2 Å². The molecule has 2 N–H and O–H groups in total. The fourth-order valence-electron chi connectivity index (χ4n) is 4.27. The number of benzene rings is 1. The summed E-state index contributed by atoms with van der Waals surface area (Å²) < 4.78 is 20.5. The zero-order valence-electron chi connectivity index (χ0n) is 19.4. The average molecular weight is 462 g/mol. The Balaban J connectivity index is 1.79. The van der Waals surface area contributed by atoms with Gasteiger partial charge in [0.25, 0.3) is 5.56 Å². The van der Waals surface area contributed by atoms with Gasteiger partial charge in [-0.2, -0.15) is 5.26 Å². The van der Waals surface area contributed by atoms with Crippen LogP contribution in [0.1, 0.15) is 36.1 Å². The van der Waals surface area contributed by atoms with E-state index in [-0.39, 0.29) is 17.0 Å². The van der Waals surface area contributed by atoms with Gasteiger partial charge in [0, 0.05) is 37.2 Å². The standard InChI is InChI=1S/C25H27N5O4/c1-4-33-19-7-6-17(13-20(19)32-3)22-18(14-26)24(27)34-21-12-16(2)30(25(31)23(21)22)10-5-9-29-11-8-28-15-29/h6-8,11-13,15,22H,4-5,9-10,27H2,1-3H3. The molecule has 0 bridgehead atoms. The number of hydrogen-bond acceptors (Lipinski definition) is 7. The van der Waals surface area contributed by atoms with Gasteiger partial charge in [-0.15, -0.1) is 0 Å². The summed E-state index contributed by atoms with van der Waals surface area (Å²) in [6.07, 6.45) is 6.10. The average Bonchev–Trinajstić information content (AvgIpc) is 3.34. The van der Waals surface area contributed by atoms with E-state index >= 15 is 0 Å². The minimum atomic E-state index is -0.689. The van der Waals surface area contributed by atoms with Crippen LogP contribution in [0.4, 0.5) is 0 Å². The maximum Gasteiger partial charge on any atom is 0.258 e. The van der Waals surface area contributed by atoms with E-state index in [2.05, 4.69) is 11.1 Å². The number of pyridine rings is 1. The first kappa shape index (κ1) is 23.0. The molecule has 0 amide bonds. The molecule has 0 spiro atoms. The zero-order chi connectivity index (χ0) is 24.2. The van der Waals surface area contributed by atoms with Crippen molar-refractivity contribution in [3.05, 3.63) is 81.6 Å². The first-order chi connectivity index (χ1) is 16.5. The van der Waals surface area contributed by atoms with Gasteiger partial charge in [-0.25, -0.2) is 4.98 Å². The molecule has 1 unspecified atom stereocenters. The van der Waals surface area contributed by atoms with Crippen molar-refractivity contribution in [3.63, 3.8) is 0 Å². The van der Waals surface area contributed by atoms with Gasteiger partial charge in [0.2, 0.25) is 5.88 Å². The smallest absolute Gasteiger partial charge is 0.258 e. The topological polar surface area (TPSA) is 117 Å². The fraction of sp³-hybridized carbons (Fsp3) is 0.320. The molecule has 0 aliphatic carbocycles. The van der Waals surface area contributed by atoms with Gasteiger partial charge in [-0.1, -0.05) is 6.07 Å². The second-order valence-electron chi connectivity index (χ2n) is 7.94. The fourth-order valence-corrected chi connectivity index (χ4v) is 4.27. The predicted octanol–water partition coefficient (Wildman–Crippen LogP) is 3.07. The molecule has 9 heteroatoms. The number of nitriles is 1. The highest BCUT2D eigenvalue weighted by Crippen LogP contribution is 2.42. The number of nitrogens with two attached hydrogens (primary N) is 1. The van der Waals surface area contributed by atoms with E-state index in [1.54, 1.807) is 42.4 Å². The lowest BCUT2D eigenvalue weighted by molar-refractivity contribution is 0.310. The Morgan fingerprint density at radius 2 is 2.09 bits per heavy atom. The number of fused-ring (bicyclic) bond motifs is 1. The highest BCUT2D eigenvalue weighted by Gasteiger charge is 2.34. The molecule has 3 aromatic rings. The van der Waals surface area contributed by atoms with Crippen molar-refractivity contribution in [2.75, 3.05) is 13.7 Å². The number of aromatic nitrogens is 3. The normalized spacial score (nSPS) is 14.8. The number of aryl methyl sites for hydroxylation is 2. The molecule has 2 aromatic heterocycles. The molecule has 0 radical (unpaired) electrons. The van der Waals surface area contributed by atoms with Crippen molar-refractivity contribution in [1.82, 2.24) is 14.1 Å². The van der Waals surface area contributed by atoms with Crippen molar-refractivity contribution in [2.24, 2.45) is 5.73 Å². The lowest BCUT2D eigenvalue weighted by atomic mass is 9.84. The van der Waals surface area contributed by atoms with E-state index < -0.39 is 5.92 Å².